The van der Waals surface area contributed by atoms with Crippen molar-refractivity contribution in [2.24, 2.45) is 11.8 Å². The first-order chi connectivity index (χ1) is 9.58. The molecule has 1 aliphatic carbocycles. The highest BCUT2D eigenvalue weighted by atomic mass is 16.4. The largest absolute Gasteiger partial charge is 0.481 e. The van der Waals surface area contributed by atoms with Crippen molar-refractivity contribution < 1.29 is 14.7 Å². The van der Waals surface area contributed by atoms with Crippen LogP contribution < -0.4 is 5.32 Å². The van der Waals surface area contributed by atoms with E-state index in [0.717, 1.165) is 18.4 Å². The lowest BCUT2D eigenvalue weighted by molar-refractivity contribution is -0.148. The standard InChI is InChI=1S/C16H21NO3/c1-11-6-8-12(9-7-11)10-17-15(18)13-4-2-3-5-14(13)16(19)20/h6-9,13-14H,2-5,10H2,1H3,(H,17,18)(H,19,20)/t13-,14-/m1/s1. The molecule has 0 aromatic heterocycles. The van der Waals surface area contributed by atoms with Gasteiger partial charge in [-0.3, -0.25) is 9.59 Å². The predicted octanol–water partition coefficient (Wildman–Crippen LogP) is 2.50. The van der Waals surface area contributed by atoms with Crippen LogP contribution in [0.15, 0.2) is 24.3 Å². The zero-order valence-electron chi connectivity index (χ0n) is 11.8. The molecule has 1 amide bonds. The van der Waals surface area contributed by atoms with Gasteiger partial charge in [0.25, 0.3) is 0 Å². The van der Waals surface area contributed by atoms with Crippen LogP contribution in [0.3, 0.4) is 0 Å². The van der Waals surface area contributed by atoms with Crippen LogP contribution in [0.1, 0.15) is 36.8 Å². The van der Waals surface area contributed by atoms with Gasteiger partial charge >= 0.3 is 5.97 Å². The Morgan fingerprint density at radius 3 is 2.35 bits per heavy atom. The maximum atomic E-state index is 12.2. The van der Waals surface area contributed by atoms with Crippen LogP contribution in [-0.4, -0.2) is 17.0 Å². The molecular weight excluding hydrogens is 254 g/mol. The average Bonchev–Trinajstić information content (AvgIpc) is 2.46. The number of rotatable bonds is 4. The molecule has 0 saturated heterocycles. The number of aliphatic carboxylic acids is 1. The SMILES string of the molecule is Cc1ccc(CNC(=O)[C@@H]2CCCC[C@H]2C(=O)O)cc1. The second kappa shape index (κ2) is 6.55. The Morgan fingerprint density at radius 2 is 1.75 bits per heavy atom. The number of hydrogen-bond acceptors (Lipinski definition) is 2. The van der Waals surface area contributed by atoms with Crippen LogP contribution in [0.25, 0.3) is 0 Å². The highest BCUT2D eigenvalue weighted by Gasteiger charge is 2.35. The molecule has 1 fully saturated rings. The third-order valence-electron chi connectivity index (χ3n) is 4.01. The number of carbonyl (C=O) groups excluding carboxylic acids is 1. The van der Waals surface area contributed by atoms with Crippen molar-refractivity contribution >= 4 is 11.9 Å². The van der Waals surface area contributed by atoms with E-state index in [1.807, 2.05) is 31.2 Å². The monoisotopic (exact) mass is 275 g/mol. The second-order valence-corrected chi connectivity index (χ2v) is 5.54. The van der Waals surface area contributed by atoms with E-state index < -0.39 is 11.9 Å². The maximum absolute atomic E-state index is 12.2. The molecule has 0 aliphatic heterocycles. The zero-order valence-corrected chi connectivity index (χ0v) is 11.8. The number of carboxylic acids is 1. The molecule has 4 nitrogen and oxygen atoms in total. The van der Waals surface area contributed by atoms with Gasteiger partial charge in [0.1, 0.15) is 0 Å². The fourth-order valence-corrected chi connectivity index (χ4v) is 2.77. The molecule has 0 bridgehead atoms. The van der Waals surface area contributed by atoms with Gasteiger partial charge in [-0.05, 0) is 25.3 Å². The number of amides is 1. The van der Waals surface area contributed by atoms with Gasteiger partial charge < -0.3 is 10.4 Å². The Hall–Kier alpha value is -1.84. The smallest absolute Gasteiger partial charge is 0.307 e. The van der Waals surface area contributed by atoms with Crippen LogP contribution in [0.4, 0.5) is 0 Å². The van der Waals surface area contributed by atoms with Crippen LogP contribution in [-0.2, 0) is 16.1 Å². The molecule has 2 rings (SSSR count). The summed E-state index contributed by atoms with van der Waals surface area (Å²) in [6.45, 7) is 2.48. The average molecular weight is 275 g/mol. The topological polar surface area (TPSA) is 66.4 Å². The van der Waals surface area contributed by atoms with Crippen molar-refractivity contribution in [1.29, 1.82) is 0 Å². The Bertz CT molecular complexity index is 481. The van der Waals surface area contributed by atoms with Gasteiger partial charge in [-0.2, -0.15) is 0 Å². The van der Waals surface area contributed by atoms with Gasteiger partial charge in [0.15, 0.2) is 0 Å². The molecule has 0 heterocycles. The molecule has 1 aliphatic rings. The van der Waals surface area contributed by atoms with Gasteiger partial charge in [0, 0.05) is 6.54 Å². The summed E-state index contributed by atoms with van der Waals surface area (Å²) in [5.74, 6) is -1.88. The Kier molecular flexibility index (Phi) is 4.77. The maximum Gasteiger partial charge on any atom is 0.307 e. The number of carbonyl (C=O) groups is 2. The number of hydrogen-bond donors (Lipinski definition) is 2. The van der Waals surface area contributed by atoms with Gasteiger partial charge in [0.05, 0.1) is 11.8 Å². The molecule has 2 N–H and O–H groups in total. The molecule has 2 atom stereocenters. The predicted molar refractivity (Wildman–Crippen MR) is 76.1 cm³/mol. The summed E-state index contributed by atoms with van der Waals surface area (Å²) < 4.78 is 0. The molecule has 108 valence electrons. The van der Waals surface area contributed by atoms with Gasteiger partial charge in [-0.15, -0.1) is 0 Å². The van der Waals surface area contributed by atoms with Crippen LogP contribution in [0.5, 0.6) is 0 Å². The van der Waals surface area contributed by atoms with E-state index in [1.54, 1.807) is 0 Å². The lowest BCUT2D eigenvalue weighted by Gasteiger charge is -2.27. The molecule has 0 unspecified atom stereocenters. The first-order valence-electron chi connectivity index (χ1n) is 7.14. The van der Waals surface area contributed by atoms with Gasteiger partial charge in [0.2, 0.25) is 5.91 Å². The molecule has 0 radical (unpaired) electrons. The quantitative estimate of drug-likeness (QED) is 0.887. The minimum atomic E-state index is -0.847. The number of aryl methyl sites for hydroxylation is 1. The molecular formula is C16H21NO3. The minimum Gasteiger partial charge on any atom is -0.481 e. The van der Waals surface area contributed by atoms with Crippen LogP contribution >= 0.6 is 0 Å². The Labute approximate surface area is 119 Å². The number of nitrogens with one attached hydrogen (secondary N) is 1. The fourth-order valence-electron chi connectivity index (χ4n) is 2.77. The summed E-state index contributed by atoms with van der Waals surface area (Å²) in [6.07, 6.45) is 3.12. The van der Waals surface area contributed by atoms with E-state index in [0.29, 0.717) is 19.4 Å². The van der Waals surface area contributed by atoms with E-state index in [9.17, 15) is 14.7 Å². The second-order valence-electron chi connectivity index (χ2n) is 5.54. The first kappa shape index (κ1) is 14.6. The zero-order chi connectivity index (χ0) is 14.5. The first-order valence-corrected chi connectivity index (χ1v) is 7.14. The highest BCUT2D eigenvalue weighted by Crippen LogP contribution is 2.30. The summed E-state index contributed by atoms with van der Waals surface area (Å²) >= 11 is 0. The summed E-state index contributed by atoms with van der Waals surface area (Å²) in [4.78, 5) is 23.4. The molecule has 1 saturated carbocycles. The van der Waals surface area contributed by atoms with Gasteiger partial charge in [-0.1, -0.05) is 42.7 Å². The number of benzene rings is 1. The van der Waals surface area contributed by atoms with Crippen LogP contribution in [0.2, 0.25) is 0 Å². The van der Waals surface area contributed by atoms with E-state index >= 15 is 0 Å². The normalized spacial score (nSPS) is 22.2. The third-order valence-corrected chi connectivity index (χ3v) is 4.01. The third kappa shape index (κ3) is 3.59. The minimum absolute atomic E-state index is 0.127. The summed E-state index contributed by atoms with van der Waals surface area (Å²) in [7, 11) is 0. The van der Waals surface area contributed by atoms with Crippen molar-refractivity contribution in [3.8, 4) is 0 Å². The lowest BCUT2D eigenvalue weighted by Crippen LogP contribution is -2.39. The molecule has 1 aromatic rings. The molecule has 0 spiro atoms. The number of carboxylic acid groups (broad SMARTS) is 1. The van der Waals surface area contributed by atoms with E-state index in [-0.39, 0.29) is 11.8 Å². The Balaban J connectivity index is 1.93. The summed E-state index contributed by atoms with van der Waals surface area (Å²) in [5.41, 5.74) is 2.21. The summed E-state index contributed by atoms with van der Waals surface area (Å²) in [6, 6.07) is 7.96. The van der Waals surface area contributed by atoms with Crippen molar-refractivity contribution in [1.82, 2.24) is 5.32 Å². The Morgan fingerprint density at radius 1 is 1.15 bits per heavy atom. The highest BCUT2D eigenvalue weighted by molar-refractivity contribution is 5.84. The summed E-state index contributed by atoms with van der Waals surface area (Å²) in [5, 5.41) is 12.1. The molecule has 1 aromatic carbocycles. The lowest BCUT2D eigenvalue weighted by atomic mass is 9.78. The van der Waals surface area contributed by atoms with Gasteiger partial charge in [-0.25, -0.2) is 0 Å². The van der Waals surface area contributed by atoms with Crippen molar-refractivity contribution in [3.63, 3.8) is 0 Å². The van der Waals surface area contributed by atoms with E-state index in [2.05, 4.69) is 5.32 Å². The van der Waals surface area contributed by atoms with Crippen molar-refractivity contribution in [3.05, 3.63) is 35.4 Å². The van der Waals surface area contributed by atoms with Crippen molar-refractivity contribution in [2.75, 3.05) is 0 Å². The van der Waals surface area contributed by atoms with Crippen molar-refractivity contribution in [2.45, 2.75) is 39.2 Å². The van der Waals surface area contributed by atoms with E-state index in [4.69, 9.17) is 0 Å². The molecule has 20 heavy (non-hydrogen) atoms. The van der Waals surface area contributed by atoms with Crippen LogP contribution in [0, 0.1) is 18.8 Å². The molecule has 4 heteroatoms. The fraction of sp³-hybridized carbons (Fsp3) is 0.500. The van der Waals surface area contributed by atoms with E-state index in [1.165, 1.54) is 5.56 Å².